The normalized spacial score (nSPS) is 11.9. The highest BCUT2D eigenvalue weighted by Crippen LogP contribution is 2.30. The molecule has 3 aromatic rings. The molecule has 116 valence electrons. The van der Waals surface area contributed by atoms with Crippen molar-refractivity contribution in [1.29, 1.82) is 0 Å². The largest absolute Gasteiger partial charge is 0.377 e. The van der Waals surface area contributed by atoms with Crippen LogP contribution in [0.3, 0.4) is 0 Å². The van der Waals surface area contributed by atoms with E-state index in [0.29, 0.717) is 10.0 Å². The SMILES string of the molecule is Clc1ccc(NC(Cc2ccccc2)c2ccccc2)c(Cl)c1. The van der Waals surface area contributed by atoms with E-state index in [1.807, 2.05) is 24.3 Å². The Morgan fingerprint density at radius 2 is 1.43 bits per heavy atom. The van der Waals surface area contributed by atoms with Gasteiger partial charge in [0.15, 0.2) is 0 Å². The van der Waals surface area contributed by atoms with Gasteiger partial charge in [-0.25, -0.2) is 0 Å². The molecular weight excluding hydrogens is 325 g/mol. The maximum Gasteiger partial charge on any atom is 0.0652 e. The average molecular weight is 342 g/mol. The van der Waals surface area contributed by atoms with E-state index < -0.39 is 0 Å². The van der Waals surface area contributed by atoms with E-state index in [9.17, 15) is 0 Å². The van der Waals surface area contributed by atoms with Crippen molar-refractivity contribution < 1.29 is 0 Å². The lowest BCUT2D eigenvalue weighted by atomic mass is 9.98. The fourth-order valence-electron chi connectivity index (χ4n) is 2.58. The van der Waals surface area contributed by atoms with E-state index in [1.165, 1.54) is 11.1 Å². The summed E-state index contributed by atoms with van der Waals surface area (Å²) in [5.41, 5.74) is 3.39. The summed E-state index contributed by atoms with van der Waals surface area (Å²) < 4.78 is 0. The molecule has 1 atom stereocenters. The van der Waals surface area contributed by atoms with E-state index in [-0.39, 0.29) is 6.04 Å². The Kier molecular flexibility index (Phi) is 5.22. The van der Waals surface area contributed by atoms with Gasteiger partial charge >= 0.3 is 0 Å². The summed E-state index contributed by atoms with van der Waals surface area (Å²) in [7, 11) is 0. The molecule has 0 amide bonds. The minimum absolute atomic E-state index is 0.136. The number of benzene rings is 3. The molecule has 0 bridgehead atoms. The zero-order valence-corrected chi connectivity index (χ0v) is 14.1. The van der Waals surface area contributed by atoms with Gasteiger partial charge in [-0.3, -0.25) is 0 Å². The minimum atomic E-state index is 0.136. The van der Waals surface area contributed by atoms with Gasteiger partial charge in [-0.15, -0.1) is 0 Å². The van der Waals surface area contributed by atoms with E-state index >= 15 is 0 Å². The number of halogens is 2. The molecule has 1 nitrogen and oxygen atoms in total. The first kappa shape index (κ1) is 15.9. The summed E-state index contributed by atoms with van der Waals surface area (Å²) in [6.45, 7) is 0. The lowest BCUT2D eigenvalue weighted by Crippen LogP contribution is -2.14. The Morgan fingerprint density at radius 3 is 2.09 bits per heavy atom. The van der Waals surface area contributed by atoms with Crippen LogP contribution < -0.4 is 5.32 Å². The fraction of sp³-hybridized carbons (Fsp3) is 0.100. The number of hydrogen-bond donors (Lipinski definition) is 1. The van der Waals surface area contributed by atoms with Crippen molar-refractivity contribution in [1.82, 2.24) is 0 Å². The Morgan fingerprint density at radius 1 is 0.783 bits per heavy atom. The summed E-state index contributed by atoms with van der Waals surface area (Å²) in [6.07, 6.45) is 0.879. The fourth-order valence-corrected chi connectivity index (χ4v) is 3.04. The Balaban J connectivity index is 1.89. The van der Waals surface area contributed by atoms with Gasteiger partial charge in [-0.05, 0) is 35.7 Å². The van der Waals surface area contributed by atoms with Crippen LogP contribution in [-0.4, -0.2) is 0 Å². The van der Waals surface area contributed by atoms with Crippen molar-refractivity contribution in [3.05, 3.63) is 100 Å². The van der Waals surface area contributed by atoms with E-state index in [0.717, 1.165) is 12.1 Å². The van der Waals surface area contributed by atoms with Crippen molar-refractivity contribution >= 4 is 28.9 Å². The van der Waals surface area contributed by atoms with Crippen LogP contribution in [-0.2, 0) is 6.42 Å². The average Bonchev–Trinajstić information content (AvgIpc) is 2.58. The third-order valence-electron chi connectivity index (χ3n) is 3.75. The number of anilines is 1. The number of rotatable bonds is 5. The highest BCUT2D eigenvalue weighted by molar-refractivity contribution is 6.36. The number of hydrogen-bond acceptors (Lipinski definition) is 1. The molecule has 0 heterocycles. The van der Waals surface area contributed by atoms with Gasteiger partial charge in [-0.2, -0.15) is 0 Å². The highest BCUT2D eigenvalue weighted by atomic mass is 35.5. The van der Waals surface area contributed by atoms with Gasteiger partial charge in [0, 0.05) is 5.02 Å². The molecule has 0 aliphatic carbocycles. The predicted molar refractivity (Wildman–Crippen MR) is 99.4 cm³/mol. The van der Waals surface area contributed by atoms with Crippen LogP contribution in [0, 0.1) is 0 Å². The van der Waals surface area contributed by atoms with Crippen molar-refractivity contribution in [2.45, 2.75) is 12.5 Å². The molecule has 3 rings (SSSR count). The first-order valence-corrected chi connectivity index (χ1v) is 8.28. The van der Waals surface area contributed by atoms with E-state index in [1.54, 1.807) is 6.07 Å². The molecule has 1 N–H and O–H groups in total. The standard InChI is InChI=1S/C20H17Cl2N/c21-17-11-12-19(18(22)14-17)23-20(16-9-5-2-6-10-16)13-15-7-3-1-4-8-15/h1-12,14,20,23H,13H2. The lowest BCUT2D eigenvalue weighted by molar-refractivity contribution is 0.775. The van der Waals surface area contributed by atoms with Gasteiger partial charge in [0.25, 0.3) is 0 Å². The lowest BCUT2D eigenvalue weighted by Gasteiger charge is -2.21. The van der Waals surface area contributed by atoms with E-state index in [2.05, 4.69) is 53.8 Å². The Hall–Kier alpha value is -1.96. The highest BCUT2D eigenvalue weighted by Gasteiger charge is 2.13. The maximum absolute atomic E-state index is 6.32. The number of nitrogens with one attached hydrogen (secondary N) is 1. The Labute approximate surface area is 146 Å². The summed E-state index contributed by atoms with van der Waals surface area (Å²) >= 11 is 12.3. The molecule has 3 aromatic carbocycles. The molecular formula is C20H17Cl2N. The monoisotopic (exact) mass is 341 g/mol. The summed E-state index contributed by atoms with van der Waals surface area (Å²) in [4.78, 5) is 0. The zero-order valence-electron chi connectivity index (χ0n) is 12.5. The Bertz CT molecular complexity index is 757. The quantitative estimate of drug-likeness (QED) is 0.566. The van der Waals surface area contributed by atoms with Crippen molar-refractivity contribution in [3.63, 3.8) is 0 Å². The first-order valence-electron chi connectivity index (χ1n) is 7.53. The smallest absolute Gasteiger partial charge is 0.0652 e. The predicted octanol–water partition coefficient (Wildman–Crippen LogP) is 6.39. The van der Waals surface area contributed by atoms with Crippen LogP contribution in [0.25, 0.3) is 0 Å². The molecule has 0 fully saturated rings. The van der Waals surface area contributed by atoms with Crippen molar-refractivity contribution in [2.24, 2.45) is 0 Å². The second-order valence-electron chi connectivity index (χ2n) is 5.42. The van der Waals surface area contributed by atoms with Crippen LogP contribution >= 0.6 is 23.2 Å². The molecule has 0 saturated carbocycles. The molecule has 0 spiro atoms. The molecule has 3 heteroatoms. The van der Waals surface area contributed by atoms with Gasteiger partial charge in [0.05, 0.1) is 16.8 Å². The zero-order chi connectivity index (χ0) is 16.1. The summed E-state index contributed by atoms with van der Waals surface area (Å²) in [5.74, 6) is 0. The molecule has 0 aromatic heterocycles. The van der Waals surface area contributed by atoms with E-state index in [4.69, 9.17) is 23.2 Å². The second-order valence-corrected chi connectivity index (χ2v) is 6.27. The van der Waals surface area contributed by atoms with Crippen LogP contribution in [0.5, 0.6) is 0 Å². The molecule has 0 aliphatic heterocycles. The minimum Gasteiger partial charge on any atom is -0.377 e. The summed E-state index contributed by atoms with van der Waals surface area (Å²) in [5, 5.41) is 4.82. The van der Waals surface area contributed by atoms with Gasteiger partial charge in [0.2, 0.25) is 0 Å². The molecule has 23 heavy (non-hydrogen) atoms. The molecule has 0 aliphatic rings. The molecule has 0 radical (unpaired) electrons. The third-order valence-corrected chi connectivity index (χ3v) is 4.29. The maximum atomic E-state index is 6.32. The van der Waals surface area contributed by atoms with Gasteiger partial charge < -0.3 is 5.32 Å². The summed E-state index contributed by atoms with van der Waals surface area (Å²) in [6, 6.07) is 26.5. The molecule has 0 saturated heterocycles. The third kappa shape index (κ3) is 4.28. The van der Waals surface area contributed by atoms with Crippen molar-refractivity contribution in [2.75, 3.05) is 5.32 Å². The van der Waals surface area contributed by atoms with Crippen LogP contribution in [0.2, 0.25) is 10.0 Å². The molecule has 1 unspecified atom stereocenters. The van der Waals surface area contributed by atoms with Crippen LogP contribution in [0.4, 0.5) is 5.69 Å². The first-order chi connectivity index (χ1) is 11.2. The second kappa shape index (κ2) is 7.54. The topological polar surface area (TPSA) is 12.0 Å². The van der Waals surface area contributed by atoms with Gasteiger partial charge in [-0.1, -0.05) is 83.9 Å². The van der Waals surface area contributed by atoms with Gasteiger partial charge in [0.1, 0.15) is 0 Å². The van der Waals surface area contributed by atoms with Crippen LogP contribution in [0.15, 0.2) is 78.9 Å². The van der Waals surface area contributed by atoms with Crippen LogP contribution in [0.1, 0.15) is 17.2 Å². The van der Waals surface area contributed by atoms with Crippen molar-refractivity contribution in [3.8, 4) is 0 Å².